The molecule has 9 heteroatoms. The minimum absolute atomic E-state index is 0.0466. The van der Waals surface area contributed by atoms with Gasteiger partial charge in [0.1, 0.15) is 5.75 Å². The van der Waals surface area contributed by atoms with Crippen molar-refractivity contribution in [2.24, 2.45) is 0 Å². The Bertz CT molecular complexity index is 1210. The first-order valence-electron chi connectivity index (χ1n) is 10.4. The molecule has 0 spiro atoms. The van der Waals surface area contributed by atoms with Crippen molar-refractivity contribution in [2.45, 2.75) is 18.4 Å². The van der Waals surface area contributed by atoms with Crippen molar-refractivity contribution in [3.8, 4) is 17.2 Å². The van der Waals surface area contributed by atoms with Gasteiger partial charge in [0.15, 0.2) is 11.5 Å². The van der Waals surface area contributed by atoms with E-state index >= 15 is 0 Å². The van der Waals surface area contributed by atoms with Crippen LogP contribution >= 0.6 is 0 Å². The number of sulfonamides is 1. The van der Waals surface area contributed by atoms with Crippen LogP contribution in [0.1, 0.15) is 12.5 Å². The molecule has 1 aliphatic heterocycles. The summed E-state index contributed by atoms with van der Waals surface area (Å²) in [7, 11) is -3.96. The van der Waals surface area contributed by atoms with E-state index in [1.807, 2.05) is 37.3 Å². The van der Waals surface area contributed by atoms with Gasteiger partial charge in [0, 0.05) is 18.3 Å². The second-order valence-corrected chi connectivity index (χ2v) is 9.22. The van der Waals surface area contributed by atoms with E-state index in [0.29, 0.717) is 29.5 Å². The Morgan fingerprint density at radius 3 is 2.45 bits per heavy atom. The quantitative estimate of drug-likeness (QED) is 0.515. The number of ether oxygens (including phenoxy) is 3. The summed E-state index contributed by atoms with van der Waals surface area (Å²) in [6.07, 6.45) is 0. The zero-order chi connectivity index (χ0) is 23.3. The summed E-state index contributed by atoms with van der Waals surface area (Å²) < 4.78 is 44.0. The van der Waals surface area contributed by atoms with Crippen molar-refractivity contribution in [1.82, 2.24) is 4.31 Å². The summed E-state index contributed by atoms with van der Waals surface area (Å²) in [6, 6.07) is 20.3. The highest BCUT2D eigenvalue weighted by molar-refractivity contribution is 7.89. The van der Waals surface area contributed by atoms with E-state index in [0.717, 1.165) is 9.87 Å². The van der Waals surface area contributed by atoms with Crippen LogP contribution in [0.25, 0.3) is 0 Å². The van der Waals surface area contributed by atoms with Gasteiger partial charge in [-0.3, -0.25) is 4.79 Å². The van der Waals surface area contributed by atoms with E-state index in [1.54, 1.807) is 30.3 Å². The lowest BCUT2D eigenvalue weighted by Crippen LogP contribution is -2.37. The lowest BCUT2D eigenvalue weighted by atomic mass is 10.2. The number of carbonyl (C=O) groups is 1. The topological polar surface area (TPSA) is 94.2 Å². The minimum atomic E-state index is -3.96. The van der Waals surface area contributed by atoms with Crippen molar-refractivity contribution >= 4 is 21.6 Å². The van der Waals surface area contributed by atoms with Gasteiger partial charge in [-0.2, -0.15) is 4.31 Å². The fraction of sp³-hybridized carbons (Fsp3) is 0.208. The Morgan fingerprint density at radius 2 is 1.73 bits per heavy atom. The van der Waals surface area contributed by atoms with Gasteiger partial charge >= 0.3 is 0 Å². The van der Waals surface area contributed by atoms with Gasteiger partial charge < -0.3 is 19.5 Å². The Labute approximate surface area is 192 Å². The maximum Gasteiger partial charge on any atom is 0.243 e. The molecular formula is C24H24N2O6S. The molecule has 0 saturated heterocycles. The van der Waals surface area contributed by atoms with Crippen LogP contribution in [0.4, 0.5) is 5.69 Å². The van der Waals surface area contributed by atoms with Gasteiger partial charge in [0.05, 0.1) is 18.0 Å². The van der Waals surface area contributed by atoms with Crippen molar-refractivity contribution in [3.05, 3.63) is 78.4 Å². The number of benzene rings is 3. The molecule has 1 heterocycles. The van der Waals surface area contributed by atoms with E-state index in [4.69, 9.17) is 14.2 Å². The monoisotopic (exact) mass is 468 g/mol. The number of fused-ring (bicyclic) bond motifs is 1. The summed E-state index contributed by atoms with van der Waals surface area (Å²) in [4.78, 5) is 12.9. The number of nitrogens with zero attached hydrogens (tertiary/aromatic N) is 1. The van der Waals surface area contributed by atoms with Gasteiger partial charge in [0.2, 0.25) is 22.7 Å². The predicted molar refractivity (Wildman–Crippen MR) is 123 cm³/mol. The number of rotatable bonds is 9. The Balaban J connectivity index is 1.55. The first-order valence-corrected chi connectivity index (χ1v) is 11.9. The highest BCUT2D eigenvalue weighted by Crippen LogP contribution is 2.34. The first kappa shape index (κ1) is 22.6. The molecule has 1 aliphatic rings. The third kappa shape index (κ3) is 5.44. The number of amides is 1. The summed E-state index contributed by atoms with van der Waals surface area (Å²) in [5.74, 6) is 1.22. The maximum atomic E-state index is 13.4. The predicted octanol–water partition coefficient (Wildman–Crippen LogP) is 3.64. The Hall–Kier alpha value is -3.56. The van der Waals surface area contributed by atoms with Gasteiger partial charge in [-0.1, -0.05) is 30.3 Å². The van der Waals surface area contributed by atoms with E-state index in [9.17, 15) is 13.2 Å². The molecule has 0 aromatic heterocycles. The van der Waals surface area contributed by atoms with Crippen LogP contribution in [0.3, 0.4) is 0 Å². The van der Waals surface area contributed by atoms with E-state index in [1.165, 1.54) is 12.1 Å². The van der Waals surface area contributed by atoms with E-state index < -0.39 is 15.9 Å². The molecule has 0 saturated carbocycles. The summed E-state index contributed by atoms with van der Waals surface area (Å²) >= 11 is 0. The van der Waals surface area contributed by atoms with E-state index in [-0.39, 0.29) is 24.8 Å². The molecule has 8 nitrogen and oxygen atoms in total. The number of hydrogen-bond donors (Lipinski definition) is 1. The molecule has 4 rings (SSSR count). The lowest BCUT2D eigenvalue weighted by molar-refractivity contribution is -0.116. The molecule has 1 amide bonds. The smallest absolute Gasteiger partial charge is 0.243 e. The molecule has 0 unspecified atom stereocenters. The molecule has 0 fully saturated rings. The Kier molecular flexibility index (Phi) is 6.81. The fourth-order valence-corrected chi connectivity index (χ4v) is 4.76. The molecule has 172 valence electrons. The third-order valence-corrected chi connectivity index (χ3v) is 6.76. The first-order chi connectivity index (χ1) is 16.0. The van der Waals surface area contributed by atoms with Crippen molar-refractivity contribution in [3.63, 3.8) is 0 Å². The molecule has 0 radical (unpaired) electrons. The van der Waals surface area contributed by atoms with Crippen molar-refractivity contribution < 1.29 is 27.4 Å². The Morgan fingerprint density at radius 1 is 1.00 bits per heavy atom. The highest BCUT2D eigenvalue weighted by atomic mass is 32.2. The summed E-state index contributed by atoms with van der Waals surface area (Å²) in [5, 5.41) is 2.74. The standard InChI is InChI=1S/C24H24N2O6S/c1-2-30-20-9-11-21(12-10-20)33(28,29)26(15-18-6-4-3-5-7-18)16-24(27)25-19-8-13-22-23(14-19)32-17-31-22/h3-14H,2,15-17H2,1H3,(H,25,27). The lowest BCUT2D eigenvalue weighted by Gasteiger charge is -2.22. The zero-order valence-corrected chi connectivity index (χ0v) is 18.9. The SMILES string of the molecule is CCOc1ccc(S(=O)(=O)N(CC(=O)Nc2ccc3c(c2)OCO3)Cc2ccccc2)cc1. The summed E-state index contributed by atoms with van der Waals surface area (Å²) in [5.41, 5.74) is 1.25. The molecular weight excluding hydrogens is 444 g/mol. The second kappa shape index (κ2) is 9.93. The van der Waals surface area contributed by atoms with Gasteiger partial charge in [0.25, 0.3) is 0 Å². The number of carbonyl (C=O) groups excluding carboxylic acids is 1. The molecule has 3 aromatic carbocycles. The molecule has 0 bridgehead atoms. The van der Waals surface area contributed by atoms with Crippen LogP contribution in [0.5, 0.6) is 17.2 Å². The fourth-order valence-electron chi connectivity index (χ4n) is 3.37. The second-order valence-electron chi connectivity index (χ2n) is 7.28. The largest absolute Gasteiger partial charge is 0.494 e. The van der Waals surface area contributed by atoms with Crippen LogP contribution in [0, 0.1) is 0 Å². The average Bonchev–Trinajstić information content (AvgIpc) is 3.28. The molecule has 0 aliphatic carbocycles. The summed E-state index contributed by atoms with van der Waals surface area (Å²) in [6.45, 7) is 2.14. The van der Waals surface area contributed by atoms with Crippen LogP contribution in [-0.4, -0.2) is 38.6 Å². The van der Waals surface area contributed by atoms with Crippen LogP contribution in [0.15, 0.2) is 77.7 Å². The van der Waals surface area contributed by atoms with Crippen LogP contribution < -0.4 is 19.5 Å². The van der Waals surface area contributed by atoms with Gasteiger partial charge in [-0.05, 0) is 48.9 Å². The third-order valence-electron chi connectivity index (χ3n) is 4.95. The van der Waals surface area contributed by atoms with Gasteiger partial charge in [-0.15, -0.1) is 0 Å². The zero-order valence-electron chi connectivity index (χ0n) is 18.1. The molecule has 3 aromatic rings. The number of nitrogens with one attached hydrogen (secondary N) is 1. The molecule has 33 heavy (non-hydrogen) atoms. The normalized spacial score (nSPS) is 12.5. The number of hydrogen-bond acceptors (Lipinski definition) is 6. The van der Waals surface area contributed by atoms with Crippen LogP contribution in [0.2, 0.25) is 0 Å². The van der Waals surface area contributed by atoms with Gasteiger partial charge in [-0.25, -0.2) is 8.42 Å². The maximum absolute atomic E-state index is 13.4. The minimum Gasteiger partial charge on any atom is -0.494 e. The van der Waals surface area contributed by atoms with E-state index in [2.05, 4.69) is 5.32 Å². The molecule has 1 N–H and O–H groups in total. The van der Waals surface area contributed by atoms with Crippen molar-refractivity contribution in [1.29, 1.82) is 0 Å². The number of anilines is 1. The average molecular weight is 469 g/mol. The molecule has 0 atom stereocenters. The highest BCUT2D eigenvalue weighted by Gasteiger charge is 2.27. The van der Waals surface area contributed by atoms with Crippen LogP contribution in [-0.2, 0) is 21.4 Å². The van der Waals surface area contributed by atoms with Crippen molar-refractivity contribution in [2.75, 3.05) is 25.3 Å².